The predicted molar refractivity (Wildman–Crippen MR) is 86.9 cm³/mol. The van der Waals surface area contributed by atoms with Gasteiger partial charge in [0.05, 0.1) is 5.92 Å². The van der Waals surface area contributed by atoms with Gasteiger partial charge in [0, 0.05) is 18.5 Å². The first-order valence-corrected chi connectivity index (χ1v) is 8.20. The van der Waals surface area contributed by atoms with E-state index >= 15 is 0 Å². The minimum Gasteiger partial charge on any atom is -0.481 e. The van der Waals surface area contributed by atoms with E-state index in [4.69, 9.17) is 4.52 Å². The van der Waals surface area contributed by atoms with Gasteiger partial charge in [0.15, 0.2) is 5.69 Å². The molecule has 2 aromatic rings. The van der Waals surface area contributed by atoms with Crippen LogP contribution >= 0.6 is 0 Å². The van der Waals surface area contributed by atoms with E-state index in [0.29, 0.717) is 11.3 Å². The van der Waals surface area contributed by atoms with Crippen LogP contribution in [0.5, 0.6) is 0 Å². The number of hydrogen-bond donors (Lipinski definition) is 2. The zero-order valence-corrected chi connectivity index (χ0v) is 13.3. The maximum Gasteiger partial charge on any atom is 0.312 e. The molecule has 0 aliphatic heterocycles. The molecule has 3 rings (SSSR count). The number of hydrogen-bond acceptors (Lipinski definition) is 4. The Morgan fingerprint density at radius 1 is 1.17 bits per heavy atom. The van der Waals surface area contributed by atoms with Crippen LogP contribution in [0.25, 0.3) is 0 Å². The zero-order valence-electron chi connectivity index (χ0n) is 13.3. The predicted octanol–water partition coefficient (Wildman–Crippen LogP) is 2.54. The molecule has 126 valence electrons. The maximum atomic E-state index is 12.4. The van der Waals surface area contributed by atoms with E-state index in [1.807, 2.05) is 6.07 Å². The second kappa shape index (κ2) is 7.29. The number of benzene rings is 1. The number of nitrogens with zero attached hydrogens (tertiary/aromatic N) is 1. The molecular formula is C18H20N2O4. The van der Waals surface area contributed by atoms with Gasteiger partial charge < -0.3 is 14.9 Å². The van der Waals surface area contributed by atoms with Crippen molar-refractivity contribution in [2.24, 2.45) is 0 Å². The number of amides is 1. The molecule has 0 spiro atoms. The number of nitrogens with one attached hydrogen (secondary N) is 1. The van der Waals surface area contributed by atoms with Crippen molar-refractivity contribution in [1.82, 2.24) is 10.5 Å². The van der Waals surface area contributed by atoms with E-state index in [9.17, 15) is 14.7 Å². The molecule has 1 aliphatic rings. The third-order valence-electron chi connectivity index (χ3n) is 4.38. The number of fused-ring (bicyclic) bond motifs is 1. The van der Waals surface area contributed by atoms with Crippen LogP contribution in [0.2, 0.25) is 0 Å². The van der Waals surface area contributed by atoms with Crippen LogP contribution in [0.3, 0.4) is 0 Å². The Bertz CT molecular complexity index is 724. The Morgan fingerprint density at radius 2 is 1.92 bits per heavy atom. The summed E-state index contributed by atoms with van der Waals surface area (Å²) in [6.07, 6.45) is 4.75. The smallest absolute Gasteiger partial charge is 0.312 e. The average molecular weight is 328 g/mol. The first-order chi connectivity index (χ1) is 11.7. The summed E-state index contributed by atoms with van der Waals surface area (Å²) in [6, 6.07) is 8.88. The number of carboxylic acids is 1. The van der Waals surface area contributed by atoms with Crippen LogP contribution in [0.15, 0.2) is 34.9 Å². The first-order valence-electron chi connectivity index (χ1n) is 8.20. The third-order valence-corrected chi connectivity index (χ3v) is 4.38. The lowest BCUT2D eigenvalue weighted by atomic mass is 9.99. The second-order valence-electron chi connectivity index (χ2n) is 6.01. The van der Waals surface area contributed by atoms with Gasteiger partial charge in [0.2, 0.25) is 0 Å². The Kier molecular flexibility index (Phi) is 4.93. The molecule has 0 bridgehead atoms. The number of aliphatic carboxylic acids is 1. The van der Waals surface area contributed by atoms with Crippen LogP contribution in [0, 0.1) is 0 Å². The Labute approximate surface area is 139 Å². The number of aromatic nitrogens is 1. The van der Waals surface area contributed by atoms with Gasteiger partial charge in [-0.15, -0.1) is 0 Å². The molecule has 1 aliphatic carbocycles. The first kappa shape index (κ1) is 16.2. The summed E-state index contributed by atoms with van der Waals surface area (Å²) in [4.78, 5) is 23.9. The van der Waals surface area contributed by atoms with E-state index in [-0.39, 0.29) is 12.5 Å². The Hall–Kier alpha value is -2.63. The standard InChI is InChI=1S/C18H20N2O4/c21-17(16-13-9-5-2-6-10-15(13)24-20-16)19-11-14(18(22)23)12-7-3-1-4-8-12/h1,3-4,7-8,14H,2,5-6,9-11H2,(H,19,21)(H,22,23). The van der Waals surface area contributed by atoms with Gasteiger partial charge in [-0.1, -0.05) is 41.9 Å². The van der Waals surface area contributed by atoms with Crippen LogP contribution in [0.1, 0.15) is 52.6 Å². The molecule has 6 nitrogen and oxygen atoms in total. The van der Waals surface area contributed by atoms with Crippen LogP contribution in [-0.2, 0) is 17.6 Å². The van der Waals surface area contributed by atoms with E-state index in [1.165, 1.54) is 0 Å². The molecule has 1 aromatic heterocycles. The fourth-order valence-corrected chi connectivity index (χ4v) is 3.05. The van der Waals surface area contributed by atoms with E-state index in [0.717, 1.165) is 43.4 Å². The highest BCUT2D eigenvalue weighted by atomic mass is 16.5. The van der Waals surface area contributed by atoms with Gasteiger partial charge >= 0.3 is 5.97 Å². The molecule has 6 heteroatoms. The third kappa shape index (κ3) is 3.48. The van der Waals surface area contributed by atoms with Crippen molar-refractivity contribution < 1.29 is 19.2 Å². The van der Waals surface area contributed by atoms with Gasteiger partial charge in [-0.05, 0) is 24.8 Å². The van der Waals surface area contributed by atoms with Crippen molar-refractivity contribution in [3.05, 3.63) is 52.9 Å². The van der Waals surface area contributed by atoms with Crippen molar-refractivity contribution in [3.63, 3.8) is 0 Å². The maximum absolute atomic E-state index is 12.4. The number of carbonyl (C=O) groups is 2. The molecule has 1 heterocycles. The summed E-state index contributed by atoms with van der Waals surface area (Å²) in [5.41, 5.74) is 1.82. The highest BCUT2D eigenvalue weighted by Crippen LogP contribution is 2.23. The topological polar surface area (TPSA) is 92.4 Å². The number of aryl methyl sites for hydroxylation is 1. The lowest BCUT2D eigenvalue weighted by Gasteiger charge is -2.13. The highest BCUT2D eigenvalue weighted by molar-refractivity contribution is 5.94. The molecule has 0 radical (unpaired) electrons. The molecular weight excluding hydrogens is 308 g/mol. The van der Waals surface area contributed by atoms with Gasteiger partial charge in [0.1, 0.15) is 5.76 Å². The molecule has 1 aromatic carbocycles. The van der Waals surface area contributed by atoms with Crippen molar-refractivity contribution in [1.29, 1.82) is 0 Å². The van der Waals surface area contributed by atoms with Crippen LogP contribution in [0.4, 0.5) is 0 Å². The molecule has 1 amide bonds. The van der Waals surface area contributed by atoms with Gasteiger partial charge in [0.25, 0.3) is 5.91 Å². The monoisotopic (exact) mass is 328 g/mol. The molecule has 0 fully saturated rings. The fraction of sp³-hybridized carbons (Fsp3) is 0.389. The quantitative estimate of drug-likeness (QED) is 0.823. The summed E-state index contributed by atoms with van der Waals surface area (Å²) in [7, 11) is 0. The van der Waals surface area contributed by atoms with Crippen molar-refractivity contribution >= 4 is 11.9 Å². The number of rotatable bonds is 5. The SMILES string of the molecule is O=C(NCC(C(=O)O)c1ccccc1)c1noc2c1CCCCC2. The summed E-state index contributed by atoms with van der Waals surface area (Å²) < 4.78 is 5.30. The Morgan fingerprint density at radius 3 is 2.67 bits per heavy atom. The number of carbonyl (C=O) groups excluding carboxylic acids is 1. The molecule has 1 unspecified atom stereocenters. The second-order valence-corrected chi connectivity index (χ2v) is 6.01. The minimum atomic E-state index is -0.972. The lowest BCUT2D eigenvalue weighted by molar-refractivity contribution is -0.138. The average Bonchev–Trinajstić information content (AvgIpc) is 2.84. The summed E-state index contributed by atoms with van der Waals surface area (Å²) in [6.45, 7) is 0.0137. The van der Waals surface area contributed by atoms with Crippen molar-refractivity contribution in [2.45, 2.75) is 38.0 Å². The van der Waals surface area contributed by atoms with Crippen LogP contribution in [-0.4, -0.2) is 28.7 Å². The molecule has 1 atom stereocenters. The fourth-order valence-electron chi connectivity index (χ4n) is 3.05. The summed E-state index contributed by atoms with van der Waals surface area (Å²) in [5.74, 6) is -1.35. The number of carboxylic acid groups (broad SMARTS) is 1. The van der Waals surface area contributed by atoms with Gasteiger partial charge in [-0.2, -0.15) is 0 Å². The molecule has 0 saturated carbocycles. The van der Waals surface area contributed by atoms with Gasteiger partial charge in [-0.25, -0.2) is 0 Å². The zero-order chi connectivity index (χ0) is 16.9. The van der Waals surface area contributed by atoms with Gasteiger partial charge in [-0.3, -0.25) is 9.59 Å². The Balaban J connectivity index is 1.71. The van der Waals surface area contributed by atoms with Crippen molar-refractivity contribution in [2.75, 3.05) is 6.54 Å². The summed E-state index contributed by atoms with van der Waals surface area (Å²) >= 11 is 0. The van der Waals surface area contributed by atoms with E-state index < -0.39 is 11.9 Å². The van der Waals surface area contributed by atoms with E-state index in [1.54, 1.807) is 24.3 Å². The van der Waals surface area contributed by atoms with Crippen molar-refractivity contribution in [3.8, 4) is 0 Å². The normalized spacial score (nSPS) is 15.2. The largest absolute Gasteiger partial charge is 0.481 e. The molecule has 0 saturated heterocycles. The highest BCUT2D eigenvalue weighted by Gasteiger charge is 2.25. The molecule has 24 heavy (non-hydrogen) atoms. The van der Waals surface area contributed by atoms with E-state index in [2.05, 4.69) is 10.5 Å². The summed E-state index contributed by atoms with van der Waals surface area (Å²) in [5, 5.41) is 16.0. The lowest BCUT2D eigenvalue weighted by Crippen LogP contribution is -2.32. The minimum absolute atomic E-state index is 0.0137. The molecule has 2 N–H and O–H groups in total. The van der Waals surface area contributed by atoms with Crippen LogP contribution < -0.4 is 5.32 Å².